The molecule has 0 aliphatic carbocycles. The van der Waals surface area contributed by atoms with Crippen LogP contribution in [-0.4, -0.2) is 47.1 Å². The van der Waals surface area contributed by atoms with Gasteiger partial charge in [-0.15, -0.1) is 0 Å². The number of hydrogen-bond donors (Lipinski definition) is 1. The molecule has 24 heavy (non-hydrogen) atoms. The minimum atomic E-state index is -0.963. The van der Waals surface area contributed by atoms with E-state index in [1.54, 1.807) is 11.8 Å². The molecule has 3 rings (SSSR count). The largest absolute Gasteiger partial charge is 0.378 e. The monoisotopic (exact) mass is 334 g/mol. The Hall–Kier alpha value is -2.61. The van der Waals surface area contributed by atoms with E-state index in [4.69, 9.17) is 4.74 Å². The van der Waals surface area contributed by atoms with Gasteiger partial charge in [-0.25, -0.2) is 18.7 Å². The fourth-order valence-corrected chi connectivity index (χ4v) is 2.39. The molecule has 1 aliphatic rings. The van der Waals surface area contributed by atoms with E-state index < -0.39 is 11.6 Å². The predicted octanol–water partition coefficient (Wildman–Crippen LogP) is 2.28. The fraction of sp³-hybridized carbons (Fsp3) is 0.312. The summed E-state index contributed by atoms with van der Waals surface area (Å²) < 4.78 is 31.5. The zero-order valence-corrected chi connectivity index (χ0v) is 13.1. The molecule has 0 spiro atoms. The molecule has 0 radical (unpaired) electrons. The van der Waals surface area contributed by atoms with Crippen LogP contribution in [0.2, 0.25) is 0 Å². The quantitative estimate of drug-likeness (QED) is 0.933. The molecule has 8 heteroatoms. The van der Waals surface area contributed by atoms with Gasteiger partial charge in [0, 0.05) is 30.9 Å². The molecule has 0 unspecified atom stereocenters. The van der Waals surface area contributed by atoms with Crippen molar-refractivity contribution in [3.8, 4) is 0 Å². The number of aryl methyl sites for hydroxylation is 1. The number of ether oxygens (including phenoxy) is 1. The lowest BCUT2D eigenvalue weighted by molar-refractivity contribution is 0.0299. The summed E-state index contributed by atoms with van der Waals surface area (Å²) >= 11 is 0. The van der Waals surface area contributed by atoms with Gasteiger partial charge in [-0.1, -0.05) is 0 Å². The Bertz CT molecular complexity index is 764. The zero-order chi connectivity index (χ0) is 17.1. The van der Waals surface area contributed by atoms with Crippen LogP contribution >= 0.6 is 0 Å². The summed E-state index contributed by atoms with van der Waals surface area (Å²) in [5.41, 5.74) is 0.575. The van der Waals surface area contributed by atoms with Crippen molar-refractivity contribution in [2.75, 3.05) is 31.6 Å². The van der Waals surface area contributed by atoms with E-state index in [1.165, 1.54) is 12.1 Å². The number of amides is 1. The first kappa shape index (κ1) is 16.3. The highest BCUT2D eigenvalue weighted by molar-refractivity contribution is 5.93. The van der Waals surface area contributed by atoms with Crippen LogP contribution in [0.15, 0.2) is 24.3 Å². The molecule has 1 N–H and O–H groups in total. The maximum Gasteiger partial charge on any atom is 0.272 e. The van der Waals surface area contributed by atoms with E-state index in [1.807, 2.05) is 0 Å². The molecule has 1 saturated heterocycles. The lowest BCUT2D eigenvalue weighted by atomic mass is 10.2. The first-order valence-corrected chi connectivity index (χ1v) is 7.48. The molecule has 1 amide bonds. The summed E-state index contributed by atoms with van der Waals surface area (Å²) in [6, 6.07) is 4.92. The number of morpholine rings is 1. The van der Waals surface area contributed by atoms with Gasteiger partial charge in [0.1, 0.15) is 17.3 Å². The lowest BCUT2D eigenvalue weighted by Crippen LogP contribution is -2.41. The van der Waals surface area contributed by atoms with Crippen molar-refractivity contribution in [3.05, 3.63) is 47.4 Å². The Balaban J connectivity index is 1.82. The minimum Gasteiger partial charge on any atom is -0.378 e. The molecule has 1 fully saturated rings. The SMILES string of the molecule is Cc1nc(Nc2ccc(F)c(F)c2)cc(C(=O)N2CCOCC2)n1. The van der Waals surface area contributed by atoms with Crippen LogP contribution in [0.4, 0.5) is 20.3 Å². The molecule has 0 saturated carbocycles. The normalized spacial score (nSPS) is 14.5. The number of benzene rings is 1. The third-order valence-corrected chi connectivity index (χ3v) is 3.55. The highest BCUT2D eigenvalue weighted by Gasteiger charge is 2.20. The third-order valence-electron chi connectivity index (χ3n) is 3.55. The first-order valence-electron chi connectivity index (χ1n) is 7.48. The smallest absolute Gasteiger partial charge is 0.272 e. The van der Waals surface area contributed by atoms with E-state index in [9.17, 15) is 13.6 Å². The summed E-state index contributed by atoms with van der Waals surface area (Å²) in [6.45, 7) is 3.67. The highest BCUT2D eigenvalue weighted by Crippen LogP contribution is 2.19. The second-order valence-electron chi connectivity index (χ2n) is 5.34. The van der Waals surface area contributed by atoms with Crippen LogP contribution < -0.4 is 5.32 Å². The average molecular weight is 334 g/mol. The number of aromatic nitrogens is 2. The Morgan fingerprint density at radius 2 is 1.92 bits per heavy atom. The molecule has 1 aromatic carbocycles. The van der Waals surface area contributed by atoms with Crippen molar-refractivity contribution >= 4 is 17.4 Å². The summed E-state index contributed by atoms with van der Waals surface area (Å²) in [6.07, 6.45) is 0. The fourth-order valence-electron chi connectivity index (χ4n) is 2.39. The highest BCUT2D eigenvalue weighted by atomic mass is 19.2. The van der Waals surface area contributed by atoms with Gasteiger partial charge in [0.05, 0.1) is 13.2 Å². The summed E-state index contributed by atoms with van der Waals surface area (Å²) in [5.74, 6) is -1.36. The van der Waals surface area contributed by atoms with Gasteiger partial charge >= 0.3 is 0 Å². The standard InChI is InChI=1S/C16H16F2N4O2/c1-10-19-14(16(23)22-4-6-24-7-5-22)9-15(20-10)21-11-2-3-12(17)13(18)8-11/h2-3,8-9H,4-7H2,1H3,(H,19,20,21). The average Bonchev–Trinajstić information content (AvgIpc) is 2.58. The first-order chi connectivity index (χ1) is 11.5. The number of anilines is 2. The summed E-state index contributed by atoms with van der Waals surface area (Å²) in [4.78, 5) is 22.5. The molecule has 1 aromatic heterocycles. The molecule has 6 nitrogen and oxygen atoms in total. The van der Waals surface area contributed by atoms with Gasteiger partial charge in [0.15, 0.2) is 11.6 Å². The second-order valence-corrected chi connectivity index (χ2v) is 5.34. The molecule has 2 heterocycles. The molecule has 2 aromatic rings. The van der Waals surface area contributed by atoms with Crippen LogP contribution in [0.1, 0.15) is 16.3 Å². The van der Waals surface area contributed by atoms with E-state index in [2.05, 4.69) is 15.3 Å². The van der Waals surface area contributed by atoms with Crippen LogP contribution in [0.3, 0.4) is 0 Å². The van der Waals surface area contributed by atoms with Crippen LogP contribution in [0.5, 0.6) is 0 Å². The molecular weight excluding hydrogens is 318 g/mol. The van der Waals surface area contributed by atoms with Gasteiger partial charge in [-0.3, -0.25) is 4.79 Å². The Kier molecular flexibility index (Phi) is 4.66. The topological polar surface area (TPSA) is 67.4 Å². The van der Waals surface area contributed by atoms with Crippen LogP contribution in [0, 0.1) is 18.6 Å². The van der Waals surface area contributed by atoms with E-state index in [0.29, 0.717) is 43.6 Å². The van der Waals surface area contributed by atoms with Gasteiger partial charge in [0.25, 0.3) is 5.91 Å². The van der Waals surface area contributed by atoms with Crippen molar-refractivity contribution in [1.29, 1.82) is 0 Å². The number of nitrogens with zero attached hydrogens (tertiary/aromatic N) is 3. The number of carbonyl (C=O) groups is 1. The molecule has 126 valence electrons. The number of halogens is 2. The molecule has 0 bridgehead atoms. The molecule has 0 atom stereocenters. The molecule has 1 aliphatic heterocycles. The van der Waals surface area contributed by atoms with Gasteiger partial charge in [-0.05, 0) is 19.1 Å². The van der Waals surface area contributed by atoms with Crippen molar-refractivity contribution in [1.82, 2.24) is 14.9 Å². The second kappa shape index (κ2) is 6.88. The van der Waals surface area contributed by atoms with E-state index >= 15 is 0 Å². The van der Waals surface area contributed by atoms with E-state index in [-0.39, 0.29) is 11.6 Å². The van der Waals surface area contributed by atoms with Crippen molar-refractivity contribution < 1.29 is 18.3 Å². The maximum atomic E-state index is 13.3. The Morgan fingerprint density at radius 1 is 1.17 bits per heavy atom. The number of carbonyl (C=O) groups excluding carboxylic acids is 1. The minimum absolute atomic E-state index is 0.211. The van der Waals surface area contributed by atoms with Crippen molar-refractivity contribution in [2.24, 2.45) is 0 Å². The van der Waals surface area contributed by atoms with Gasteiger partial charge in [0.2, 0.25) is 0 Å². The third kappa shape index (κ3) is 3.65. The summed E-state index contributed by atoms with van der Waals surface area (Å²) in [7, 11) is 0. The molecular formula is C16H16F2N4O2. The number of nitrogens with one attached hydrogen (secondary N) is 1. The van der Waals surface area contributed by atoms with Crippen molar-refractivity contribution in [3.63, 3.8) is 0 Å². The zero-order valence-electron chi connectivity index (χ0n) is 13.1. The van der Waals surface area contributed by atoms with E-state index in [0.717, 1.165) is 12.1 Å². The number of rotatable bonds is 3. The number of hydrogen-bond acceptors (Lipinski definition) is 5. The lowest BCUT2D eigenvalue weighted by Gasteiger charge is -2.26. The van der Waals surface area contributed by atoms with Gasteiger partial charge < -0.3 is 15.0 Å². The summed E-state index contributed by atoms with van der Waals surface area (Å²) in [5, 5.41) is 2.86. The Morgan fingerprint density at radius 3 is 2.62 bits per heavy atom. The Labute approximate surface area is 137 Å². The maximum absolute atomic E-state index is 13.3. The van der Waals surface area contributed by atoms with Gasteiger partial charge in [-0.2, -0.15) is 0 Å². The van der Waals surface area contributed by atoms with Crippen LogP contribution in [-0.2, 0) is 4.74 Å². The predicted molar refractivity (Wildman–Crippen MR) is 83.1 cm³/mol. The van der Waals surface area contributed by atoms with Crippen LogP contribution in [0.25, 0.3) is 0 Å². The van der Waals surface area contributed by atoms with Crippen molar-refractivity contribution in [2.45, 2.75) is 6.92 Å².